The summed E-state index contributed by atoms with van der Waals surface area (Å²) in [4.78, 5) is 11.7. The minimum Gasteiger partial charge on any atom is -0.397 e. The molecule has 0 aliphatic carbocycles. The highest BCUT2D eigenvalue weighted by Gasteiger charge is 2.09. The average molecular weight is 287 g/mol. The van der Waals surface area contributed by atoms with E-state index in [1.165, 1.54) is 0 Å². The predicted molar refractivity (Wildman–Crippen MR) is 76.4 cm³/mol. The summed E-state index contributed by atoms with van der Waals surface area (Å²) in [7, 11) is 0. The van der Waals surface area contributed by atoms with E-state index in [0.29, 0.717) is 29.6 Å². The molecule has 1 amide bonds. The Labute approximate surface area is 118 Å². The summed E-state index contributed by atoms with van der Waals surface area (Å²) < 4.78 is 10.5. The van der Waals surface area contributed by atoms with E-state index < -0.39 is 0 Å². The lowest BCUT2D eigenvalue weighted by Gasteiger charge is -2.13. The third kappa shape index (κ3) is 5.92. The van der Waals surface area contributed by atoms with Gasteiger partial charge in [-0.1, -0.05) is 11.6 Å². The van der Waals surface area contributed by atoms with Crippen LogP contribution in [-0.4, -0.2) is 31.8 Å². The molecule has 0 saturated carbocycles. The zero-order valence-corrected chi connectivity index (χ0v) is 11.9. The van der Waals surface area contributed by atoms with Gasteiger partial charge in [0.15, 0.2) is 0 Å². The molecule has 5 nitrogen and oxygen atoms in total. The molecule has 19 heavy (non-hydrogen) atoms. The van der Waals surface area contributed by atoms with Crippen LogP contribution in [-0.2, 0) is 14.3 Å². The van der Waals surface area contributed by atoms with E-state index in [1.54, 1.807) is 18.2 Å². The fourth-order valence-electron chi connectivity index (χ4n) is 1.37. The molecule has 106 valence electrons. The van der Waals surface area contributed by atoms with Gasteiger partial charge >= 0.3 is 0 Å². The standard InChI is InChI=1S/C13H19ClN2O3/c1-3-18-7-9(2)19-8-13(17)16-12-6-10(14)4-5-11(12)15/h4-6,9H,3,7-8,15H2,1-2H3,(H,16,17). The summed E-state index contributed by atoms with van der Waals surface area (Å²) in [6, 6.07) is 4.89. The van der Waals surface area contributed by atoms with E-state index in [9.17, 15) is 4.79 Å². The van der Waals surface area contributed by atoms with E-state index in [-0.39, 0.29) is 18.6 Å². The van der Waals surface area contributed by atoms with Crippen molar-refractivity contribution in [1.82, 2.24) is 0 Å². The van der Waals surface area contributed by atoms with Crippen molar-refractivity contribution in [3.05, 3.63) is 23.2 Å². The van der Waals surface area contributed by atoms with Gasteiger partial charge < -0.3 is 20.5 Å². The van der Waals surface area contributed by atoms with Crippen LogP contribution in [0.4, 0.5) is 11.4 Å². The van der Waals surface area contributed by atoms with Crippen LogP contribution < -0.4 is 11.1 Å². The first-order valence-corrected chi connectivity index (χ1v) is 6.45. The lowest BCUT2D eigenvalue weighted by molar-refractivity contribution is -0.123. The molecule has 0 heterocycles. The molecule has 0 saturated heterocycles. The Kier molecular flexibility index (Phi) is 6.62. The second-order valence-corrected chi connectivity index (χ2v) is 4.50. The zero-order chi connectivity index (χ0) is 14.3. The Morgan fingerprint density at radius 2 is 2.26 bits per heavy atom. The highest BCUT2D eigenvalue weighted by atomic mass is 35.5. The molecule has 0 radical (unpaired) electrons. The van der Waals surface area contributed by atoms with Crippen molar-refractivity contribution in [3.63, 3.8) is 0 Å². The smallest absolute Gasteiger partial charge is 0.250 e. The molecule has 1 rings (SSSR count). The number of anilines is 2. The number of ether oxygens (including phenoxy) is 2. The minimum absolute atomic E-state index is 0.0554. The van der Waals surface area contributed by atoms with Crippen molar-refractivity contribution >= 4 is 28.9 Å². The predicted octanol–water partition coefficient (Wildman–Crippen LogP) is 2.30. The molecular formula is C13H19ClN2O3. The molecule has 1 aromatic rings. The maximum absolute atomic E-state index is 11.7. The van der Waals surface area contributed by atoms with Gasteiger partial charge in [-0.25, -0.2) is 0 Å². The number of hydrogen-bond donors (Lipinski definition) is 2. The molecule has 1 unspecified atom stereocenters. The SMILES string of the molecule is CCOCC(C)OCC(=O)Nc1cc(Cl)ccc1N. The summed E-state index contributed by atoms with van der Waals surface area (Å²) in [6.07, 6.45) is -0.137. The zero-order valence-electron chi connectivity index (χ0n) is 11.1. The Hall–Kier alpha value is -1.30. The van der Waals surface area contributed by atoms with Gasteiger partial charge in [0.2, 0.25) is 5.91 Å². The van der Waals surface area contributed by atoms with Gasteiger partial charge in [-0.2, -0.15) is 0 Å². The summed E-state index contributed by atoms with van der Waals surface area (Å²) in [5, 5.41) is 3.16. The van der Waals surface area contributed by atoms with Crippen molar-refractivity contribution in [2.75, 3.05) is 30.9 Å². The summed E-state index contributed by atoms with van der Waals surface area (Å²) in [6.45, 7) is 4.78. The van der Waals surface area contributed by atoms with Gasteiger partial charge in [-0.15, -0.1) is 0 Å². The number of rotatable bonds is 7. The van der Waals surface area contributed by atoms with E-state index in [2.05, 4.69) is 5.32 Å². The van der Waals surface area contributed by atoms with E-state index in [1.807, 2.05) is 13.8 Å². The van der Waals surface area contributed by atoms with Crippen LogP contribution in [0.5, 0.6) is 0 Å². The van der Waals surface area contributed by atoms with Crippen LogP contribution >= 0.6 is 11.6 Å². The van der Waals surface area contributed by atoms with Gasteiger partial charge in [-0.05, 0) is 32.0 Å². The van der Waals surface area contributed by atoms with Crippen molar-refractivity contribution in [2.24, 2.45) is 0 Å². The number of nitrogens with two attached hydrogens (primary N) is 1. The number of hydrogen-bond acceptors (Lipinski definition) is 4. The molecule has 1 atom stereocenters. The number of carbonyl (C=O) groups is 1. The van der Waals surface area contributed by atoms with Crippen molar-refractivity contribution in [2.45, 2.75) is 20.0 Å². The van der Waals surface area contributed by atoms with Gasteiger partial charge in [0.05, 0.1) is 24.1 Å². The van der Waals surface area contributed by atoms with Crippen LogP contribution in [0.2, 0.25) is 5.02 Å². The van der Waals surface area contributed by atoms with Gasteiger partial charge in [0, 0.05) is 11.6 Å². The van der Waals surface area contributed by atoms with E-state index in [0.717, 1.165) is 0 Å². The fraction of sp³-hybridized carbons (Fsp3) is 0.462. The van der Waals surface area contributed by atoms with Crippen molar-refractivity contribution in [3.8, 4) is 0 Å². The number of amides is 1. The van der Waals surface area contributed by atoms with Crippen LogP contribution in [0, 0.1) is 0 Å². The highest BCUT2D eigenvalue weighted by Crippen LogP contribution is 2.22. The Morgan fingerprint density at radius 3 is 2.95 bits per heavy atom. The monoisotopic (exact) mass is 286 g/mol. The summed E-state index contributed by atoms with van der Waals surface area (Å²) >= 11 is 5.83. The molecule has 0 aliphatic rings. The van der Waals surface area contributed by atoms with Crippen LogP contribution in [0.3, 0.4) is 0 Å². The molecule has 6 heteroatoms. The Morgan fingerprint density at radius 1 is 1.53 bits per heavy atom. The van der Waals surface area contributed by atoms with Gasteiger partial charge in [-0.3, -0.25) is 4.79 Å². The van der Waals surface area contributed by atoms with E-state index >= 15 is 0 Å². The third-order valence-electron chi connectivity index (χ3n) is 2.35. The Bertz CT molecular complexity index is 426. The molecule has 0 aromatic heterocycles. The van der Waals surface area contributed by atoms with Gasteiger partial charge in [0.1, 0.15) is 6.61 Å². The second-order valence-electron chi connectivity index (χ2n) is 4.06. The normalized spacial score (nSPS) is 12.2. The molecule has 0 spiro atoms. The molecule has 0 fully saturated rings. The Balaban J connectivity index is 2.40. The topological polar surface area (TPSA) is 73.6 Å². The number of nitrogens with one attached hydrogen (secondary N) is 1. The maximum atomic E-state index is 11.7. The van der Waals surface area contributed by atoms with Crippen molar-refractivity contribution < 1.29 is 14.3 Å². The first-order chi connectivity index (χ1) is 9.02. The first-order valence-electron chi connectivity index (χ1n) is 6.07. The number of nitrogen functional groups attached to an aromatic ring is 1. The van der Waals surface area contributed by atoms with Crippen LogP contribution in [0.25, 0.3) is 0 Å². The van der Waals surface area contributed by atoms with E-state index in [4.69, 9.17) is 26.8 Å². The lowest BCUT2D eigenvalue weighted by atomic mass is 10.2. The largest absolute Gasteiger partial charge is 0.397 e. The molecule has 3 N–H and O–H groups in total. The lowest BCUT2D eigenvalue weighted by Crippen LogP contribution is -2.24. The van der Waals surface area contributed by atoms with Crippen molar-refractivity contribution in [1.29, 1.82) is 0 Å². The molecular weight excluding hydrogens is 268 g/mol. The highest BCUT2D eigenvalue weighted by molar-refractivity contribution is 6.31. The number of carbonyl (C=O) groups excluding carboxylic acids is 1. The third-order valence-corrected chi connectivity index (χ3v) is 2.58. The quantitative estimate of drug-likeness (QED) is 0.754. The van der Waals surface area contributed by atoms with Gasteiger partial charge in [0.25, 0.3) is 0 Å². The summed E-state index contributed by atoms with van der Waals surface area (Å²) in [5.74, 6) is -0.280. The molecule has 1 aromatic carbocycles. The first kappa shape index (κ1) is 15.8. The fourth-order valence-corrected chi connectivity index (χ4v) is 1.55. The number of halogens is 1. The molecule has 0 bridgehead atoms. The van der Waals surface area contributed by atoms with Crippen LogP contribution in [0.1, 0.15) is 13.8 Å². The maximum Gasteiger partial charge on any atom is 0.250 e. The average Bonchev–Trinajstić information content (AvgIpc) is 2.38. The summed E-state index contributed by atoms with van der Waals surface area (Å²) in [5.41, 5.74) is 6.67. The molecule has 0 aliphatic heterocycles. The minimum atomic E-state index is -0.280. The van der Waals surface area contributed by atoms with Crippen LogP contribution in [0.15, 0.2) is 18.2 Å². The number of benzene rings is 1. The second kappa shape index (κ2) is 7.99.